The third-order valence-electron chi connectivity index (χ3n) is 2.94. The Kier molecular flexibility index (Phi) is 4.00. The molecule has 0 bridgehead atoms. The average Bonchev–Trinajstić information content (AvgIpc) is 2.78. The van der Waals surface area contributed by atoms with Gasteiger partial charge in [-0.25, -0.2) is 4.79 Å². The predicted octanol–water partition coefficient (Wildman–Crippen LogP) is 3.33. The van der Waals surface area contributed by atoms with E-state index in [1.165, 1.54) is 0 Å². The van der Waals surface area contributed by atoms with Crippen molar-refractivity contribution >= 4 is 22.7 Å². The van der Waals surface area contributed by atoms with Gasteiger partial charge in [0.25, 0.3) is 0 Å². The molecule has 0 saturated heterocycles. The van der Waals surface area contributed by atoms with E-state index in [4.69, 9.17) is 4.74 Å². The summed E-state index contributed by atoms with van der Waals surface area (Å²) in [5, 5.41) is 0.781. The van der Waals surface area contributed by atoms with Gasteiger partial charge in [-0.3, -0.25) is 4.79 Å². The highest BCUT2D eigenvalue weighted by atomic mass is 16.5. The van der Waals surface area contributed by atoms with Gasteiger partial charge in [-0.2, -0.15) is 0 Å². The number of fused-ring (bicyclic) bond motifs is 1. The molecule has 100 valence electrons. The summed E-state index contributed by atoms with van der Waals surface area (Å²) >= 11 is 0. The summed E-state index contributed by atoms with van der Waals surface area (Å²) in [6.45, 7) is 3.97. The first-order chi connectivity index (χ1) is 9.19. The first-order valence-electron chi connectivity index (χ1n) is 6.50. The molecule has 1 aromatic carbocycles. The van der Waals surface area contributed by atoms with Crippen molar-refractivity contribution in [2.75, 3.05) is 6.61 Å². The molecule has 4 heteroatoms. The molecule has 1 N–H and O–H groups in total. The minimum atomic E-state index is -0.474. The molecule has 0 atom stereocenters. The molecule has 0 aliphatic carbocycles. The highest BCUT2D eigenvalue weighted by Gasteiger charge is 2.23. The van der Waals surface area contributed by atoms with E-state index in [0.717, 1.165) is 17.3 Å². The lowest BCUT2D eigenvalue weighted by molar-refractivity contribution is 0.0517. The minimum Gasteiger partial charge on any atom is -0.461 e. The first kappa shape index (κ1) is 13.3. The van der Waals surface area contributed by atoms with Gasteiger partial charge < -0.3 is 9.72 Å². The van der Waals surface area contributed by atoms with Gasteiger partial charge >= 0.3 is 5.97 Å². The third kappa shape index (κ3) is 2.52. The molecule has 0 aliphatic heterocycles. The second-order valence-electron chi connectivity index (χ2n) is 4.31. The maximum Gasteiger partial charge on any atom is 0.355 e. The molecule has 0 aliphatic rings. The molecule has 1 aromatic heterocycles. The summed E-state index contributed by atoms with van der Waals surface area (Å²) in [7, 11) is 0. The zero-order valence-corrected chi connectivity index (χ0v) is 11.2. The Morgan fingerprint density at radius 3 is 2.63 bits per heavy atom. The lowest BCUT2D eigenvalue weighted by Crippen LogP contribution is -2.11. The normalized spacial score (nSPS) is 10.6. The topological polar surface area (TPSA) is 59.2 Å². The van der Waals surface area contributed by atoms with E-state index in [1.807, 2.05) is 31.2 Å². The average molecular weight is 259 g/mol. The third-order valence-corrected chi connectivity index (χ3v) is 2.94. The fraction of sp³-hybridized carbons (Fsp3) is 0.333. The molecule has 0 fully saturated rings. The van der Waals surface area contributed by atoms with E-state index in [-0.39, 0.29) is 18.1 Å². The number of rotatable bonds is 5. The summed E-state index contributed by atoms with van der Waals surface area (Å²) in [5.74, 6) is -0.499. The Labute approximate surface area is 111 Å². The van der Waals surface area contributed by atoms with Gasteiger partial charge in [0, 0.05) is 17.3 Å². The number of esters is 1. The Bertz CT molecular complexity index is 613. The maximum absolute atomic E-state index is 12.2. The summed E-state index contributed by atoms with van der Waals surface area (Å²) in [6.07, 6.45) is 1.18. The quantitative estimate of drug-likeness (QED) is 0.661. The second-order valence-corrected chi connectivity index (χ2v) is 4.31. The van der Waals surface area contributed by atoms with Crippen molar-refractivity contribution in [3.63, 3.8) is 0 Å². The number of aromatic amines is 1. The largest absolute Gasteiger partial charge is 0.461 e. The molecular formula is C15H17NO3. The number of ether oxygens (including phenoxy) is 1. The summed E-state index contributed by atoms with van der Waals surface area (Å²) in [4.78, 5) is 27.2. The molecular weight excluding hydrogens is 242 g/mol. The van der Waals surface area contributed by atoms with E-state index >= 15 is 0 Å². The molecule has 1 heterocycles. The number of carbonyl (C=O) groups excluding carboxylic acids is 2. The number of benzene rings is 1. The zero-order chi connectivity index (χ0) is 13.8. The van der Waals surface area contributed by atoms with Crippen LogP contribution in [0.15, 0.2) is 24.3 Å². The Hall–Kier alpha value is -2.10. The number of carbonyl (C=O) groups is 2. The number of Topliss-reactive ketones (excluding diaryl/α,β-unsaturated/α-hetero) is 1. The van der Waals surface area contributed by atoms with E-state index < -0.39 is 5.97 Å². The van der Waals surface area contributed by atoms with Crippen LogP contribution >= 0.6 is 0 Å². The van der Waals surface area contributed by atoms with Crippen molar-refractivity contribution in [2.45, 2.75) is 26.7 Å². The van der Waals surface area contributed by atoms with Crippen LogP contribution in [0, 0.1) is 0 Å². The highest BCUT2D eigenvalue weighted by Crippen LogP contribution is 2.24. The van der Waals surface area contributed by atoms with Crippen molar-refractivity contribution in [3.8, 4) is 0 Å². The smallest absolute Gasteiger partial charge is 0.355 e. The summed E-state index contributed by atoms with van der Waals surface area (Å²) in [5.41, 5.74) is 1.50. The van der Waals surface area contributed by atoms with Crippen LogP contribution in [0.3, 0.4) is 0 Å². The molecule has 0 radical (unpaired) electrons. The Morgan fingerprint density at radius 1 is 1.21 bits per heavy atom. The van der Waals surface area contributed by atoms with Gasteiger partial charge in [-0.05, 0) is 19.4 Å². The molecule has 4 nitrogen and oxygen atoms in total. The maximum atomic E-state index is 12.2. The van der Waals surface area contributed by atoms with Crippen LogP contribution in [0.2, 0.25) is 0 Å². The fourth-order valence-electron chi connectivity index (χ4n) is 2.14. The van der Waals surface area contributed by atoms with Crippen LogP contribution in [0.5, 0.6) is 0 Å². The van der Waals surface area contributed by atoms with Crippen molar-refractivity contribution < 1.29 is 14.3 Å². The van der Waals surface area contributed by atoms with Gasteiger partial charge in [0.05, 0.1) is 12.2 Å². The predicted molar refractivity (Wildman–Crippen MR) is 73.5 cm³/mol. The number of H-pyrrole nitrogens is 1. The summed E-state index contributed by atoms with van der Waals surface area (Å²) < 4.78 is 5.00. The first-order valence-corrected chi connectivity index (χ1v) is 6.50. The van der Waals surface area contributed by atoms with Crippen molar-refractivity contribution in [2.24, 2.45) is 0 Å². The molecule has 0 saturated carbocycles. The van der Waals surface area contributed by atoms with Gasteiger partial charge in [-0.1, -0.05) is 25.1 Å². The Balaban J connectivity index is 2.58. The number of hydrogen-bond donors (Lipinski definition) is 1. The van der Waals surface area contributed by atoms with Crippen LogP contribution in [-0.2, 0) is 4.74 Å². The van der Waals surface area contributed by atoms with Gasteiger partial charge in [-0.15, -0.1) is 0 Å². The van der Waals surface area contributed by atoms with E-state index in [1.54, 1.807) is 6.92 Å². The number of ketones is 1. The molecule has 19 heavy (non-hydrogen) atoms. The standard InChI is InChI=1S/C15H17NO3/c1-3-7-12(17)13-10-8-5-6-9-11(10)16-14(13)15(18)19-4-2/h5-6,8-9,16H,3-4,7H2,1-2H3. The monoisotopic (exact) mass is 259 g/mol. The van der Waals surface area contributed by atoms with Crippen LogP contribution in [-0.4, -0.2) is 23.3 Å². The van der Waals surface area contributed by atoms with Crippen LogP contribution in [0.25, 0.3) is 10.9 Å². The van der Waals surface area contributed by atoms with Gasteiger partial charge in [0.1, 0.15) is 5.69 Å². The van der Waals surface area contributed by atoms with E-state index in [9.17, 15) is 9.59 Å². The highest BCUT2D eigenvalue weighted by molar-refractivity contribution is 6.15. The number of para-hydroxylation sites is 1. The number of nitrogens with one attached hydrogen (secondary N) is 1. The second kappa shape index (κ2) is 5.69. The molecule has 2 rings (SSSR count). The van der Waals surface area contributed by atoms with Gasteiger partial charge in [0.2, 0.25) is 0 Å². The number of hydrogen-bond acceptors (Lipinski definition) is 3. The lowest BCUT2D eigenvalue weighted by atomic mass is 10.0. The van der Waals surface area contributed by atoms with Crippen molar-refractivity contribution in [1.82, 2.24) is 4.98 Å². The molecule has 2 aromatic rings. The van der Waals surface area contributed by atoms with Gasteiger partial charge in [0.15, 0.2) is 5.78 Å². The number of aromatic nitrogens is 1. The van der Waals surface area contributed by atoms with Crippen LogP contribution < -0.4 is 0 Å². The molecule has 0 amide bonds. The van der Waals surface area contributed by atoms with Crippen LogP contribution in [0.4, 0.5) is 0 Å². The summed E-state index contributed by atoms with van der Waals surface area (Å²) in [6, 6.07) is 7.41. The van der Waals surface area contributed by atoms with Crippen molar-refractivity contribution in [1.29, 1.82) is 0 Å². The minimum absolute atomic E-state index is 0.0250. The van der Waals surface area contributed by atoms with Crippen LogP contribution in [0.1, 0.15) is 47.5 Å². The fourth-order valence-corrected chi connectivity index (χ4v) is 2.14. The van der Waals surface area contributed by atoms with E-state index in [2.05, 4.69) is 4.98 Å². The Morgan fingerprint density at radius 2 is 1.95 bits per heavy atom. The molecule has 0 unspecified atom stereocenters. The van der Waals surface area contributed by atoms with Crippen molar-refractivity contribution in [3.05, 3.63) is 35.5 Å². The zero-order valence-electron chi connectivity index (χ0n) is 11.2. The van der Waals surface area contributed by atoms with E-state index in [0.29, 0.717) is 12.0 Å². The SMILES string of the molecule is CCCC(=O)c1c(C(=O)OCC)[nH]c2ccccc12. The molecule has 0 spiro atoms. The lowest BCUT2D eigenvalue weighted by Gasteiger charge is -2.03.